The minimum Gasteiger partial charge on any atom is -0.315 e. The standard InChI is InChI=1S/C11H18N2O2S2.ClH/c1-13(10-4-6-12-9-10)17(14,15)8-5-11-3-2-7-16-11;/h2-3,7,10,12H,4-6,8-9H2,1H3;1H. The lowest BCUT2D eigenvalue weighted by atomic mass is 10.3. The van der Waals surface area contributed by atoms with Gasteiger partial charge in [0.15, 0.2) is 0 Å². The average molecular weight is 311 g/mol. The van der Waals surface area contributed by atoms with Gasteiger partial charge in [0.1, 0.15) is 0 Å². The van der Waals surface area contributed by atoms with E-state index < -0.39 is 10.0 Å². The Bertz CT molecular complexity index is 442. The first-order valence-electron chi connectivity index (χ1n) is 5.78. The zero-order valence-electron chi connectivity index (χ0n) is 10.3. The van der Waals surface area contributed by atoms with E-state index >= 15 is 0 Å². The van der Waals surface area contributed by atoms with Crippen LogP contribution >= 0.6 is 23.7 Å². The van der Waals surface area contributed by atoms with Crippen LogP contribution in [0.15, 0.2) is 17.5 Å². The zero-order valence-corrected chi connectivity index (χ0v) is 12.8. The molecule has 2 rings (SSSR count). The van der Waals surface area contributed by atoms with Crippen LogP contribution in [0.1, 0.15) is 11.3 Å². The van der Waals surface area contributed by atoms with Crippen LogP contribution in [0.5, 0.6) is 0 Å². The number of thiophene rings is 1. The van der Waals surface area contributed by atoms with E-state index in [1.165, 1.54) is 0 Å². The fourth-order valence-corrected chi connectivity index (χ4v) is 4.24. The second kappa shape index (κ2) is 6.86. The Morgan fingerprint density at radius 1 is 1.56 bits per heavy atom. The number of rotatable bonds is 5. The van der Waals surface area contributed by atoms with E-state index in [-0.39, 0.29) is 24.2 Å². The molecule has 0 aliphatic carbocycles. The molecule has 1 unspecified atom stereocenters. The molecule has 0 spiro atoms. The van der Waals surface area contributed by atoms with Crippen molar-refractivity contribution >= 4 is 33.8 Å². The highest BCUT2D eigenvalue weighted by Gasteiger charge is 2.28. The molecule has 0 saturated carbocycles. The minimum atomic E-state index is -3.12. The topological polar surface area (TPSA) is 49.4 Å². The van der Waals surface area contributed by atoms with Crippen molar-refractivity contribution in [1.82, 2.24) is 9.62 Å². The van der Waals surface area contributed by atoms with Gasteiger partial charge in [-0.25, -0.2) is 12.7 Å². The number of likely N-dealkylation sites (N-methyl/N-ethyl adjacent to an activating group) is 1. The molecule has 2 heterocycles. The Kier molecular flexibility index (Phi) is 6.07. The molecule has 7 heteroatoms. The molecule has 0 bridgehead atoms. The van der Waals surface area contributed by atoms with Crippen molar-refractivity contribution in [2.24, 2.45) is 0 Å². The van der Waals surface area contributed by atoms with Gasteiger partial charge in [0.2, 0.25) is 10.0 Å². The number of hydrogen-bond donors (Lipinski definition) is 1. The van der Waals surface area contributed by atoms with Gasteiger partial charge in [0.05, 0.1) is 5.75 Å². The zero-order chi connectivity index (χ0) is 12.3. The number of hydrogen-bond acceptors (Lipinski definition) is 4. The first-order chi connectivity index (χ1) is 8.09. The van der Waals surface area contributed by atoms with Gasteiger partial charge in [-0.3, -0.25) is 0 Å². The summed E-state index contributed by atoms with van der Waals surface area (Å²) >= 11 is 1.61. The Morgan fingerprint density at radius 3 is 2.89 bits per heavy atom. The van der Waals surface area contributed by atoms with E-state index in [0.29, 0.717) is 6.42 Å². The van der Waals surface area contributed by atoms with Crippen molar-refractivity contribution in [2.45, 2.75) is 18.9 Å². The van der Waals surface area contributed by atoms with Crippen LogP contribution in [-0.4, -0.2) is 44.7 Å². The normalized spacial score (nSPS) is 20.0. The van der Waals surface area contributed by atoms with E-state index in [4.69, 9.17) is 0 Å². The number of nitrogens with zero attached hydrogens (tertiary/aromatic N) is 1. The molecule has 0 radical (unpaired) electrons. The molecular formula is C11H19ClN2O2S2. The number of sulfonamides is 1. The molecule has 104 valence electrons. The third kappa shape index (κ3) is 3.93. The molecule has 4 nitrogen and oxygen atoms in total. The van der Waals surface area contributed by atoms with Crippen LogP contribution in [0, 0.1) is 0 Å². The highest BCUT2D eigenvalue weighted by Crippen LogP contribution is 2.15. The van der Waals surface area contributed by atoms with Crippen molar-refractivity contribution in [1.29, 1.82) is 0 Å². The third-order valence-corrected chi connectivity index (χ3v) is 6.01. The van der Waals surface area contributed by atoms with E-state index in [1.807, 2.05) is 17.5 Å². The lowest BCUT2D eigenvalue weighted by molar-refractivity contribution is 0.388. The summed E-state index contributed by atoms with van der Waals surface area (Å²) in [5.74, 6) is 0.209. The number of nitrogens with one attached hydrogen (secondary N) is 1. The summed E-state index contributed by atoms with van der Waals surface area (Å²) in [6.45, 7) is 1.68. The maximum atomic E-state index is 12.1. The highest BCUT2D eigenvalue weighted by molar-refractivity contribution is 7.89. The molecule has 1 fully saturated rings. The van der Waals surface area contributed by atoms with Crippen LogP contribution in [0.3, 0.4) is 0 Å². The van der Waals surface area contributed by atoms with Crippen LogP contribution in [0.4, 0.5) is 0 Å². The van der Waals surface area contributed by atoms with Gasteiger partial charge in [-0.1, -0.05) is 6.07 Å². The van der Waals surface area contributed by atoms with Gasteiger partial charge in [-0.2, -0.15) is 0 Å². The molecule has 1 aliphatic rings. The predicted molar refractivity (Wildman–Crippen MR) is 78.1 cm³/mol. The Labute approximate surface area is 119 Å². The van der Waals surface area contributed by atoms with Gasteiger partial charge in [0, 0.05) is 24.5 Å². The lowest BCUT2D eigenvalue weighted by Crippen LogP contribution is -2.39. The van der Waals surface area contributed by atoms with Gasteiger partial charge in [-0.15, -0.1) is 23.7 Å². The number of aryl methyl sites for hydroxylation is 1. The Balaban J connectivity index is 0.00000162. The first-order valence-corrected chi connectivity index (χ1v) is 8.27. The van der Waals surface area contributed by atoms with E-state index in [2.05, 4.69) is 5.32 Å². The largest absolute Gasteiger partial charge is 0.315 e. The molecular weight excluding hydrogens is 292 g/mol. The smallest absolute Gasteiger partial charge is 0.214 e. The maximum absolute atomic E-state index is 12.1. The molecule has 1 aliphatic heterocycles. The summed E-state index contributed by atoms with van der Waals surface area (Å²) in [5.41, 5.74) is 0. The third-order valence-electron chi connectivity index (χ3n) is 3.17. The molecule has 1 aromatic rings. The second-order valence-electron chi connectivity index (χ2n) is 4.31. The van der Waals surface area contributed by atoms with E-state index in [0.717, 1.165) is 24.4 Å². The molecule has 0 amide bonds. The molecule has 0 aromatic carbocycles. The van der Waals surface area contributed by atoms with Gasteiger partial charge < -0.3 is 5.32 Å². The SMILES string of the molecule is CN(C1CCNC1)S(=O)(=O)CCc1cccs1.Cl. The average Bonchev–Trinajstić information content (AvgIpc) is 2.98. The van der Waals surface area contributed by atoms with E-state index in [1.54, 1.807) is 22.7 Å². The van der Waals surface area contributed by atoms with E-state index in [9.17, 15) is 8.42 Å². The molecule has 1 atom stereocenters. The second-order valence-corrected chi connectivity index (χ2v) is 7.49. The maximum Gasteiger partial charge on any atom is 0.214 e. The highest BCUT2D eigenvalue weighted by atomic mass is 35.5. The summed E-state index contributed by atoms with van der Waals surface area (Å²) < 4.78 is 25.8. The number of halogens is 1. The van der Waals surface area contributed by atoms with Crippen molar-refractivity contribution in [2.75, 3.05) is 25.9 Å². The monoisotopic (exact) mass is 310 g/mol. The van der Waals surface area contributed by atoms with Gasteiger partial charge in [0.25, 0.3) is 0 Å². The fourth-order valence-electron chi connectivity index (χ4n) is 2.01. The van der Waals surface area contributed by atoms with Crippen molar-refractivity contribution in [3.8, 4) is 0 Å². The van der Waals surface area contributed by atoms with Crippen molar-refractivity contribution in [3.63, 3.8) is 0 Å². The summed E-state index contributed by atoms with van der Waals surface area (Å²) in [6.07, 6.45) is 1.53. The fraction of sp³-hybridized carbons (Fsp3) is 0.636. The Morgan fingerprint density at radius 2 is 2.33 bits per heavy atom. The summed E-state index contributed by atoms with van der Waals surface area (Å²) in [6, 6.07) is 4.07. The summed E-state index contributed by atoms with van der Waals surface area (Å²) in [7, 11) is -1.42. The Hall–Kier alpha value is -0.140. The molecule has 1 N–H and O–H groups in total. The molecule has 1 saturated heterocycles. The minimum absolute atomic E-state index is 0. The van der Waals surface area contributed by atoms with Crippen LogP contribution in [0.25, 0.3) is 0 Å². The van der Waals surface area contributed by atoms with Crippen LogP contribution in [-0.2, 0) is 16.4 Å². The van der Waals surface area contributed by atoms with Gasteiger partial charge in [-0.05, 0) is 30.8 Å². The molecule has 1 aromatic heterocycles. The van der Waals surface area contributed by atoms with Crippen LogP contribution < -0.4 is 5.32 Å². The summed E-state index contributed by atoms with van der Waals surface area (Å²) in [4.78, 5) is 1.13. The van der Waals surface area contributed by atoms with Crippen LogP contribution in [0.2, 0.25) is 0 Å². The quantitative estimate of drug-likeness (QED) is 0.893. The molecule has 18 heavy (non-hydrogen) atoms. The van der Waals surface area contributed by atoms with Crippen molar-refractivity contribution in [3.05, 3.63) is 22.4 Å². The van der Waals surface area contributed by atoms with Gasteiger partial charge >= 0.3 is 0 Å². The lowest BCUT2D eigenvalue weighted by Gasteiger charge is -2.22. The first kappa shape index (κ1) is 15.9. The summed E-state index contributed by atoms with van der Waals surface area (Å²) in [5, 5.41) is 5.17. The predicted octanol–water partition coefficient (Wildman–Crippen LogP) is 1.34. The van der Waals surface area contributed by atoms with Crippen molar-refractivity contribution < 1.29 is 8.42 Å².